The molecule has 1 aliphatic rings. The maximum atomic E-state index is 5.90. The minimum absolute atomic E-state index is 0.692. The molecule has 1 fully saturated rings. The van der Waals surface area contributed by atoms with E-state index in [-0.39, 0.29) is 0 Å². The van der Waals surface area contributed by atoms with Gasteiger partial charge in [0.1, 0.15) is 0 Å². The van der Waals surface area contributed by atoms with Gasteiger partial charge in [-0.3, -0.25) is 4.90 Å². The number of imidazole rings is 1. The number of anilines is 1. The number of piperidine rings is 1. The molecule has 0 radical (unpaired) electrons. The molecule has 112 valence electrons. The van der Waals surface area contributed by atoms with Crippen LogP contribution in [0.15, 0.2) is 36.8 Å². The molecular formula is C16H21ClN4. The minimum Gasteiger partial charge on any atom is -0.385 e. The summed E-state index contributed by atoms with van der Waals surface area (Å²) in [5.74, 6) is 0.692. The van der Waals surface area contributed by atoms with Crippen LogP contribution in [0.25, 0.3) is 0 Å². The molecule has 1 aliphatic heterocycles. The summed E-state index contributed by atoms with van der Waals surface area (Å²) in [7, 11) is 0. The van der Waals surface area contributed by atoms with Gasteiger partial charge in [-0.1, -0.05) is 11.6 Å². The maximum Gasteiger partial charge on any atom is 0.0922 e. The third-order valence-corrected chi connectivity index (χ3v) is 4.24. The Labute approximate surface area is 130 Å². The van der Waals surface area contributed by atoms with Crippen molar-refractivity contribution < 1.29 is 0 Å². The average Bonchev–Trinajstić information content (AvgIpc) is 3.00. The van der Waals surface area contributed by atoms with Crippen molar-refractivity contribution in [1.82, 2.24) is 14.9 Å². The normalized spacial score (nSPS) is 19.6. The summed E-state index contributed by atoms with van der Waals surface area (Å²) in [6.07, 6.45) is 6.22. The van der Waals surface area contributed by atoms with E-state index in [0.717, 1.165) is 30.3 Å². The number of hydrogen-bond acceptors (Lipinski definition) is 3. The van der Waals surface area contributed by atoms with Crippen LogP contribution in [0.5, 0.6) is 0 Å². The number of hydrogen-bond donors (Lipinski definition) is 2. The van der Waals surface area contributed by atoms with Gasteiger partial charge in [0.25, 0.3) is 0 Å². The Balaban J connectivity index is 1.48. The maximum absolute atomic E-state index is 5.90. The lowest BCUT2D eigenvalue weighted by atomic mass is 9.98. The number of rotatable bonds is 5. The van der Waals surface area contributed by atoms with Crippen LogP contribution < -0.4 is 5.32 Å². The molecule has 0 saturated carbocycles. The Bertz CT molecular complexity index is 538. The number of likely N-dealkylation sites (tertiary alicyclic amines) is 1. The molecule has 1 unspecified atom stereocenters. The van der Waals surface area contributed by atoms with E-state index in [0.29, 0.717) is 5.92 Å². The molecule has 1 aromatic heterocycles. The summed E-state index contributed by atoms with van der Waals surface area (Å²) >= 11 is 5.90. The number of H-pyrrole nitrogens is 1. The zero-order valence-electron chi connectivity index (χ0n) is 12.1. The molecule has 2 heterocycles. The summed E-state index contributed by atoms with van der Waals surface area (Å²) in [5.41, 5.74) is 2.34. The number of aromatic amines is 1. The Morgan fingerprint density at radius 2 is 2.19 bits per heavy atom. The van der Waals surface area contributed by atoms with Gasteiger partial charge < -0.3 is 10.3 Å². The second kappa shape index (κ2) is 6.96. The van der Waals surface area contributed by atoms with E-state index in [9.17, 15) is 0 Å². The average molecular weight is 305 g/mol. The molecule has 0 aliphatic carbocycles. The third-order valence-electron chi connectivity index (χ3n) is 3.99. The van der Waals surface area contributed by atoms with Crippen molar-refractivity contribution in [3.63, 3.8) is 0 Å². The number of nitrogens with zero attached hydrogens (tertiary/aromatic N) is 2. The molecule has 4 nitrogen and oxygen atoms in total. The first kappa shape index (κ1) is 14.4. The fourth-order valence-electron chi connectivity index (χ4n) is 2.90. The van der Waals surface area contributed by atoms with Gasteiger partial charge in [0.2, 0.25) is 0 Å². The predicted octanol–water partition coefficient (Wildman–Crippen LogP) is 3.39. The van der Waals surface area contributed by atoms with Crippen LogP contribution in [0, 0.1) is 5.92 Å². The topological polar surface area (TPSA) is 44.0 Å². The molecule has 2 N–H and O–H groups in total. The molecule has 2 aromatic rings. The highest BCUT2D eigenvalue weighted by Crippen LogP contribution is 2.20. The van der Waals surface area contributed by atoms with Gasteiger partial charge in [0.15, 0.2) is 0 Å². The first-order valence-corrected chi connectivity index (χ1v) is 7.86. The van der Waals surface area contributed by atoms with Crippen molar-refractivity contribution in [2.24, 2.45) is 5.92 Å². The number of halogens is 1. The van der Waals surface area contributed by atoms with E-state index >= 15 is 0 Å². The lowest BCUT2D eigenvalue weighted by Crippen LogP contribution is -2.37. The molecule has 5 heteroatoms. The standard InChI is InChI=1S/C16H21ClN4/c17-14-3-5-15(6-4-14)19-8-13-2-1-7-21(10-13)11-16-9-18-12-20-16/h3-6,9,12-13,19H,1-2,7-8,10-11H2,(H,18,20). The number of aromatic nitrogens is 2. The van der Waals surface area contributed by atoms with Crippen LogP contribution in [-0.2, 0) is 6.54 Å². The summed E-state index contributed by atoms with van der Waals surface area (Å²) in [6, 6.07) is 7.92. The van der Waals surface area contributed by atoms with Crippen molar-refractivity contribution in [2.45, 2.75) is 19.4 Å². The zero-order valence-corrected chi connectivity index (χ0v) is 12.8. The quantitative estimate of drug-likeness (QED) is 0.890. The molecule has 0 bridgehead atoms. The van der Waals surface area contributed by atoms with Crippen LogP contribution in [0.2, 0.25) is 5.02 Å². The molecule has 1 aromatic carbocycles. The Hall–Kier alpha value is -1.52. The summed E-state index contributed by atoms with van der Waals surface area (Å²) in [5, 5.41) is 4.30. The van der Waals surface area contributed by atoms with Crippen LogP contribution in [0.4, 0.5) is 5.69 Å². The van der Waals surface area contributed by atoms with E-state index in [4.69, 9.17) is 11.6 Å². The second-order valence-corrected chi connectivity index (χ2v) is 6.14. The van der Waals surface area contributed by atoms with Gasteiger partial charge in [-0.15, -0.1) is 0 Å². The van der Waals surface area contributed by atoms with Crippen molar-refractivity contribution in [3.05, 3.63) is 47.5 Å². The Kier molecular flexibility index (Phi) is 4.78. The molecule has 21 heavy (non-hydrogen) atoms. The first-order chi connectivity index (χ1) is 10.3. The van der Waals surface area contributed by atoms with E-state index in [1.165, 1.54) is 25.1 Å². The van der Waals surface area contributed by atoms with Gasteiger partial charge in [-0.2, -0.15) is 0 Å². The molecule has 3 rings (SSSR count). The van der Waals surface area contributed by atoms with Gasteiger partial charge in [-0.05, 0) is 49.6 Å². The summed E-state index contributed by atoms with van der Waals surface area (Å²) < 4.78 is 0. The van der Waals surface area contributed by atoms with E-state index in [1.54, 1.807) is 6.33 Å². The smallest absolute Gasteiger partial charge is 0.0922 e. The predicted molar refractivity (Wildman–Crippen MR) is 86.5 cm³/mol. The van der Waals surface area contributed by atoms with Crippen LogP contribution in [0.1, 0.15) is 18.5 Å². The minimum atomic E-state index is 0.692. The molecule has 0 spiro atoms. The van der Waals surface area contributed by atoms with Gasteiger partial charge in [-0.25, -0.2) is 4.98 Å². The molecular weight excluding hydrogens is 284 g/mol. The van der Waals surface area contributed by atoms with Crippen molar-refractivity contribution >= 4 is 17.3 Å². The number of nitrogens with one attached hydrogen (secondary N) is 2. The lowest BCUT2D eigenvalue weighted by molar-refractivity contribution is 0.171. The molecule has 1 saturated heterocycles. The van der Waals surface area contributed by atoms with Crippen LogP contribution in [-0.4, -0.2) is 34.5 Å². The highest BCUT2D eigenvalue weighted by molar-refractivity contribution is 6.30. The van der Waals surface area contributed by atoms with E-state index in [2.05, 4.69) is 20.2 Å². The highest BCUT2D eigenvalue weighted by Gasteiger charge is 2.20. The van der Waals surface area contributed by atoms with Crippen LogP contribution in [0.3, 0.4) is 0 Å². The largest absolute Gasteiger partial charge is 0.385 e. The molecule has 1 atom stereocenters. The van der Waals surface area contributed by atoms with Crippen molar-refractivity contribution in [2.75, 3.05) is 25.0 Å². The fraction of sp³-hybridized carbons (Fsp3) is 0.438. The molecule has 0 amide bonds. The monoisotopic (exact) mass is 304 g/mol. The fourth-order valence-corrected chi connectivity index (χ4v) is 3.03. The highest BCUT2D eigenvalue weighted by atomic mass is 35.5. The van der Waals surface area contributed by atoms with Crippen LogP contribution >= 0.6 is 11.6 Å². The van der Waals surface area contributed by atoms with Crippen molar-refractivity contribution in [3.8, 4) is 0 Å². The summed E-state index contributed by atoms with van der Waals surface area (Å²) in [4.78, 5) is 9.77. The van der Waals surface area contributed by atoms with Gasteiger partial charge >= 0.3 is 0 Å². The zero-order chi connectivity index (χ0) is 14.5. The van der Waals surface area contributed by atoms with E-state index in [1.807, 2.05) is 30.5 Å². The van der Waals surface area contributed by atoms with Crippen molar-refractivity contribution in [1.29, 1.82) is 0 Å². The third kappa shape index (κ3) is 4.22. The Morgan fingerprint density at radius 1 is 1.33 bits per heavy atom. The first-order valence-electron chi connectivity index (χ1n) is 7.48. The number of benzene rings is 1. The second-order valence-electron chi connectivity index (χ2n) is 5.71. The Morgan fingerprint density at radius 3 is 2.95 bits per heavy atom. The van der Waals surface area contributed by atoms with Gasteiger partial charge in [0, 0.05) is 42.2 Å². The van der Waals surface area contributed by atoms with E-state index < -0.39 is 0 Å². The SMILES string of the molecule is Clc1ccc(NCC2CCCN(Cc3cnc[nH]3)C2)cc1. The van der Waals surface area contributed by atoms with Gasteiger partial charge in [0.05, 0.1) is 6.33 Å². The lowest BCUT2D eigenvalue weighted by Gasteiger charge is -2.32. The summed E-state index contributed by atoms with van der Waals surface area (Å²) in [6.45, 7) is 4.30.